The van der Waals surface area contributed by atoms with Gasteiger partial charge < -0.3 is 63.7 Å². The average Bonchev–Trinajstić information content (AvgIpc) is 2.74. The number of nitrogens with two attached hydrogens (primary N) is 1. The van der Waals surface area contributed by atoms with Crippen molar-refractivity contribution < 1.29 is 66.1 Å². The number of hydrogen-bond acceptors (Lipinski definition) is 14. The average molecular weight is 1220 g/mol. The van der Waals surface area contributed by atoms with Gasteiger partial charge in [-0.05, 0) is 127 Å². The lowest BCUT2D eigenvalue weighted by Gasteiger charge is -2.16. The summed E-state index contributed by atoms with van der Waals surface area (Å²) in [5.41, 5.74) is 11.1. The van der Waals surface area contributed by atoms with Gasteiger partial charge in [0.05, 0.1) is 68.1 Å². The number of amides is 2. The molecule has 0 aromatic heterocycles. The molecule has 5 aromatic rings. The van der Waals surface area contributed by atoms with Crippen molar-refractivity contribution in [2.45, 2.75) is 159 Å². The zero-order valence-electron chi connectivity index (χ0n) is 55.3. The van der Waals surface area contributed by atoms with E-state index in [1.165, 1.54) is 35.2 Å². The smallest absolute Gasteiger partial charge is 0.293 e. The first-order valence-electron chi connectivity index (χ1n) is 31.2. The molecule has 87 heavy (non-hydrogen) atoms. The lowest BCUT2D eigenvalue weighted by atomic mass is 10.0. The van der Waals surface area contributed by atoms with E-state index in [2.05, 4.69) is 53.6 Å². The molecular weight excluding hydrogens is 1110 g/mol. The quantitative estimate of drug-likeness (QED) is 0.0253. The minimum absolute atomic E-state index is 0.163. The van der Waals surface area contributed by atoms with Crippen molar-refractivity contribution in [3.63, 3.8) is 0 Å². The first-order valence-corrected chi connectivity index (χ1v) is 31.2. The molecule has 1 aliphatic heterocycles. The van der Waals surface area contributed by atoms with Crippen molar-refractivity contribution in [3.8, 4) is 34.5 Å². The summed E-state index contributed by atoms with van der Waals surface area (Å²) in [7, 11) is 6.58. The zero-order chi connectivity index (χ0) is 65.1. The first kappa shape index (κ1) is 82.1. The predicted molar refractivity (Wildman–Crippen MR) is 351 cm³/mol. The molecule has 1 heterocycles. The molecule has 2 amide bonds. The number of unbranched alkanes of at least 4 members (excludes halogenated alkanes) is 3. The molecule has 490 valence electrons. The van der Waals surface area contributed by atoms with Gasteiger partial charge in [-0.1, -0.05) is 136 Å². The van der Waals surface area contributed by atoms with Crippen LogP contribution in [0.25, 0.3) is 0 Å². The number of ether oxygens (including phenoxy) is 10. The topological polar surface area (TPSA) is 194 Å². The number of carbonyl (C=O) groups excluding carboxylic acids is 3. The summed E-state index contributed by atoms with van der Waals surface area (Å²) < 4.78 is 68.0. The van der Waals surface area contributed by atoms with Gasteiger partial charge in [-0.3, -0.25) is 14.4 Å². The van der Waals surface area contributed by atoms with Crippen LogP contribution in [0.1, 0.15) is 153 Å². The molecule has 16 nitrogen and oxygen atoms in total. The number of hydrogen-bond donors (Lipinski definition) is 3. The number of aryl methyl sites for hydroxylation is 3. The molecule has 0 fully saturated rings. The summed E-state index contributed by atoms with van der Waals surface area (Å²) in [6.45, 7) is 26.7. The number of methoxy groups -OCH3 is 4. The Kier molecular flexibility index (Phi) is 54.9. The van der Waals surface area contributed by atoms with Gasteiger partial charge in [-0.25, -0.2) is 4.39 Å². The highest BCUT2D eigenvalue weighted by atomic mass is 19.1. The highest BCUT2D eigenvalue weighted by Gasteiger charge is 2.23. The molecule has 6 rings (SSSR count). The van der Waals surface area contributed by atoms with E-state index in [0.29, 0.717) is 52.7 Å². The second kappa shape index (κ2) is 58.1. The van der Waals surface area contributed by atoms with Gasteiger partial charge in [0, 0.05) is 39.1 Å². The zero-order valence-corrected chi connectivity index (χ0v) is 55.3. The fourth-order valence-corrected chi connectivity index (χ4v) is 8.44. The maximum atomic E-state index is 13.1. The molecule has 4 N–H and O–H groups in total. The highest BCUT2D eigenvalue weighted by Crippen LogP contribution is 2.34. The van der Waals surface area contributed by atoms with Gasteiger partial charge in [-0.2, -0.15) is 0 Å². The van der Waals surface area contributed by atoms with Crippen molar-refractivity contribution in [1.82, 2.24) is 10.6 Å². The normalized spacial score (nSPS) is 11.4. The van der Waals surface area contributed by atoms with Gasteiger partial charge in [0.15, 0.2) is 23.0 Å². The molecule has 0 radical (unpaired) electrons. The first-order chi connectivity index (χ1) is 42.7. The second-order valence-electron chi connectivity index (χ2n) is 18.2. The van der Waals surface area contributed by atoms with Crippen molar-refractivity contribution in [2.24, 2.45) is 5.73 Å². The third-order valence-corrected chi connectivity index (χ3v) is 12.4. The number of fused-ring (bicyclic) bond motifs is 1. The Morgan fingerprint density at radius 3 is 1.83 bits per heavy atom. The molecule has 0 aliphatic carbocycles. The van der Waals surface area contributed by atoms with Crippen LogP contribution in [0.3, 0.4) is 0 Å². The number of carbonyl (C=O) groups is 3. The Morgan fingerprint density at radius 2 is 1.23 bits per heavy atom. The van der Waals surface area contributed by atoms with Crippen molar-refractivity contribution in [1.29, 1.82) is 0 Å². The van der Waals surface area contributed by atoms with E-state index in [0.717, 1.165) is 141 Å². The third-order valence-electron chi connectivity index (χ3n) is 12.4. The minimum Gasteiger partial charge on any atom is -0.493 e. The highest BCUT2D eigenvalue weighted by molar-refractivity contribution is 5.49. The monoisotopic (exact) mass is 1220 g/mol. The van der Waals surface area contributed by atoms with Crippen LogP contribution in [-0.2, 0) is 59.1 Å². The Labute approximate surface area is 523 Å². The van der Waals surface area contributed by atoms with Crippen molar-refractivity contribution in [3.05, 3.63) is 142 Å². The van der Waals surface area contributed by atoms with Crippen LogP contribution in [0, 0.1) is 12.7 Å². The molecule has 0 saturated heterocycles. The molecule has 2 atom stereocenters. The van der Waals surface area contributed by atoms with Gasteiger partial charge in [0.25, 0.3) is 6.47 Å². The number of para-hydroxylation sites is 2. The van der Waals surface area contributed by atoms with Crippen LogP contribution in [-0.4, -0.2) is 113 Å². The Balaban J connectivity index is 0. The fraction of sp³-hybridized carbons (Fsp3) is 0.529. The number of halogens is 1. The van der Waals surface area contributed by atoms with E-state index in [9.17, 15) is 14.0 Å². The van der Waals surface area contributed by atoms with E-state index < -0.39 is 0 Å². The molecule has 5 aromatic carbocycles. The number of benzene rings is 5. The number of nitrogens with one attached hydrogen (secondary N) is 2. The Morgan fingerprint density at radius 1 is 0.621 bits per heavy atom. The van der Waals surface area contributed by atoms with Crippen LogP contribution in [0.15, 0.2) is 103 Å². The van der Waals surface area contributed by atoms with E-state index in [1.54, 1.807) is 28.4 Å². The summed E-state index contributed by atoms with van der Waals surface area (Å²) in [6.07, 6.45) is 11.7. The maximum Gasteiger partial charge on any atom is 0.293 e. The molecular formula is C70H110FN3O13. The van der Waals surface area contributed by atoms with Crippen molar-refractivity contribution in [2.75, 3.05) is 87.8 Å². The molecule has 0 spiro atoms. The Hall–Kier alpha value is -6.92. The summed E-state index contributed by atoms with van der Waals surface area (Å²) in [4.78, 5) is 29.5. The van der Waals surface area contributed by atoms with Crippen molar-refractivity contribution >= 4 is 19.3 Å². The van der Waals surface area contributed by atoms with Gasteiger partial charge in [-0.15, -0.1) is 0 Å². The van der Waals surface area contributed by atoms with E-state index in [-0.39, 0.29) is 24.4 Å². The predicted octanol–water partition coefficient (Wildman–Crippen LogP) is 14.2. The lowest BCUT2D eigenvalue weighted by Crippen LogP contribution is -2.20. The summed E-state index contributed by atoms with van der Waals surface area (Å²) in [5, 5.41) is 6.10. The Bertz CT molecular complexity index is 2390. The van der Waals surface area contributed by atoms with E-state index in [1.807, 2.05) is 123 Å². The van der Waals surface area contributed by atoms with Crippen LogP contribution in [0.2, 0.25) is 0 Å². The molecule has 2 unspecified atom stereocenters. The van der Waals surface area contributed by atoms with Gasteiger partial charge in [0.2, 0.25) is 12.8 Å². The van der Waals surface area contributed by atoms with Gasteiger partial charge in [0.1, 0.15) is 29.5 Å². The fourth-order valence-electron chi connectivity index (χ4n) is 8.44. The standard InChI is InChI=1S/C37H48FNO7.C16H25NO3.C8H10O2.4C2H6.CH3NO/c1-2-5-36(45-28-40)31-6-3-7-34(25-31)44-18-4-17-41-20-22-43-23-21-42-19-16-39-27-30-8-12-32-26-35(46-37(32)24-30)15-11-29-9-13-33(38)14-10-29;1-13-10-14(11-15(19-2)16(13)20-3)8-6-4-5-7-9-17-12-18;1-9-7-5-3-4-6-8(7)10-2;4*1-2;2-1-3/h3,6-10,12-14,24-25,28,35-36,39H,2,4-5,11,15-23,26-27H2,1H3;10-12H,4-9H2,1-3H3,(H,17,18);3-6H,1-2H3;4*1-2H3;1H,(H2,2,3). The minimum atomic E-state index is -0.240. The van der Waals surface area contributed by atoms with Gasteiger partial charge >= 0.3 is 0 Å². The molecule has 1 aliphatic rings. The van der Waals surface area contributed by atoms with E-state index >= 15 is 0 Å². The second-order valence-corrected chi connectivity index (χ2v) is 18.2. The summed E-state index contributed by atoms with van der Waals surface area (Å²) in [6, 6.07) is 32.6. The van der Waals surface area contributed by atoms with Crippen LogP contribution in [0.5, 0.6) is 34.5 Å². The molecule has 17 heteroatoms. The number of rotatable bonds is 36. The molecule has 0 bridgehead atoms. The van der Waals surface area contributed by atoms with Crippen LogP contribution < -0.4 is 44.8 Å². The third kappa shape index (κ3) is 38.1. The maximum absolute atomic E-state index is 13.1. The largest absolute Gasteiger partial charge is 0.493 e. The molecule has 0 saturated carbocycles. The summed E-state index contributed by atoms with van der Waals surface area (Å²) >= 11 is 0. The van der Waals surface area contributed by atoms with E-state index in [4.69, 9.17) is 52.2 Å². The van der Waals surface area contributed by atoms with Crippen LogP contribution >= 0.6 is 0 Å². The SMILES string of the molecule is CC.CC.CC.CC.CCCC(OC=O)c1cccc(OCCCOCCOCCOCCNCc2ccc3c(c2)OC(CCc2ccc(F)cc2)C3)c1.COc1cc(CCCCCCNC=O)cc(C)c1OC.COc1ccccc1OC.NC=O. The summed E-state index contributed by atoms with van der Waals surface area (Å²) in [5.74, 6) is 4.69. The number of primary amides is 1. The van der Waals surface area contributed by atoms with Crippen LogP contribution in [0.4, 0.5) is 4.39 Å². The lowest BCUT2D eigenvalue weighted by molar-refractivity contribution is -0.134.